The minimum Gasteiger partial charge on any atom is -0.497 e. The fraction of sp³-hybridized carbons (Fsp3) is 0.500. The first kappa shape index (κ1) is 19.9. The molecule has 2 unspecified atom stereocenters. The summed E-state index contributed by atoms with van der Waals surface area (Å²) in [6.07, 6.45) is 1.93. The molecule has 146 valence electrons. The number of hydrogen-bond donors (Lipinski definition) is 1. The summed E-state index contributed by atoms with van der Waals surface area (Å²) >= 11 is 1.82. The molecule has 1 aromatic carbocycles. The molecule has 1 aromatic heterocycles. The predicted octanol–water partition coefficient (Wildman–Crippen LogP) is 4.58. The highest BCUT2D eigenvalue weighted by Gasteiger charge is 2.30. The Morgan fingerprint density at radius 1 is 1.30 bits per heavy atom. The number of fused-ring (bicyclic) bond motifs is 1. The molecular formula is C22H30N2O2S. The van der Waals surface area contributed by atoms with Crippen LogP contribution >= 0.6 is 11.3 Å². The Labute approximate surface area is 166 Å². The van der Waals surface area contributed by atoms with E-state index in [4.69, 9.17) is 4.74 Å². The van der Waals surface area contributed by atoms with E-state index in [0.717, 1.165) is 25.1 Å². The zero-order valence-corrected chi connectivity index (χ0v) is 17.5. The molecule has 2 atom stereocenters. The van der Waals surface area contributed by atoms with Gasteiger partial charge in [-0.15, -0.1) is 11.3 Å². The lowest BCUT2D eigenvalue weighted by molar-refractivity contribution is -0.133. The topological polar surface area (TPSA) is 41.6 Å². The molecule has 0 radical (unpaired) electrons. The molecule has 27 heavy (non-hydrogen) atoms. The van der Waals surface area contributed by atoms with Gasteiger partial charge in [-0.3, -0.25) is 4.79 Å². The van der Waals surface area contributed by atoms with Crippen molar-refractivity contribution in [2.45, 2.75) is 45.7 Å². The normalized spacial score (nSPS) is 17.7. The van der Waals surface area contributed by atoms with Crippen molar-refractivity contribution in [3.05, 3.63) is 51.7 Å². The Hall–Kier alpha value is -1.85. The standard InChI is InChI=1S/C22H30N2O2S/c1-5-19-18-11-13-27-20(18)10-12-24(19)21(25)14-23-22(15(2)3)16-6-8-17(26-4)9-7-16/h6-9,11,13,15,19,22-23H,5,10,12,14H2,1-4H3. The van der Waals surface area contributed by atoms with Crippen LogP contribution in [0.25, 0.3) is 0 Å². The zero-order chi connectivity index (χ0) is 19.4. The first-order valence-electron chi connectivity index (χ1n) is 9.78. The van der Waals surface area contributed by atoms with Crippen LogP contribution < -0.4 is 10.1 Å². The molecule has 0 spiro atoms. The summed E-state index contributed by atoms with van der Waals surface area (Å²) < 4.78 is 5.25. The molecule has 0 saturated heterocycles. The molecule has 0 aliphatic carbocycles. The maximum Gasteiger partial charge on any atom is 0.237 e. The molecule has 4 nitrogen and oxygen atoms in total. The van der Waals surface area contributed by atoms with Gasteiger partial charge in [-0.05, 0) is 53.5 Å². The Morgan fingerprint density at radius 3 is 2.67 bits per heavy atom. The van der Waals surface area contributed by atoms with E-state index in [-0.39, 0.29) is 18.0 Å². The predicted molar refractivity (Wildman–Crippen MR) is 111 cm³/mol. The van der Waals surface area contributed by atoms with E-state index in [0.29, 0.717) is 12.5 Å². The van der Waals surface area contributed by atoms with Gasteiger partial charge in [0.25, 0.3) is 0 Å². The highest BCUT2D eigenvalue weighted by Crippen LogP contribution is 2.35. The van der Waals surface area contributed by atoms with E-state index in [1.807, 2.05) is 23.5 Å². The summed E-state index contributed by atoms with van der Waals surface area (Å²) in [5.74, 6) is 1.43. The molecule has 3 rings (SSSR count). The van der Waals surface area contributed by atoms with Crippen LogP contribution in [0.5, 0.6) is 5.75 Å². The van der Waals surface area contributed by atoms with Crippen LogP contribution in [0.2, 0.25) is 0 Å². The number of nitrogens with one attached hydrogen (secondary N) is 1. The van der Waals surface area contributed by atoms with Crippen molar-refractivity contribution in [2.24, 2.45) is 5.92 Å². The van der Waals surface area contributed by atoms with Crippen LogP contribution in [0.4, 0.5) is 0 Å². The summed E-state index contributed by atoms with van der Waals surface area (Å²) in [5.41, 5.74) is 2.53. The number of carbonyl (C=O) groups is 1. The third kappa shape index (κ3) is 4.36. The van der Waals surface area contributed by atoms with Gasteiger partial charge >= 0.3 is 0 Å². The summed E-state index contributed by atoms with van der Waals surface area (Å²) in [4.78, 5) is 16.5. The van der Waals surface area contributed by atoms with Gasteiger partial charge in [0.2, 0.25) is 5.91 Å². The van der Waals surface area contributed by atoms with Crippen molar-refractivity contribution in [2.75, 3.05) is 20.2 Å². The van der Waals surface area contributed by atoms with E-state index < -0.39 is 0 Å². The number of ether oxygens (including phenoxy) is 1. The Balaban J connectivity index is 1.67. The van der Waals surface area contributed by atoms with Crippen molar-refractivity contribution in [3.8, 4) is 5.75 Å². The first-order chi connectivity index (χ1) is 13.0. The van der Waals surface area contributed by atoms with Gasteiger partial charge in [0, 0.05) is 17.5 Å². The van der Waals surface area contributed by atoms with Gasteiger partial charge in [0.15, 0.2) is 0 Å². The molecule has 0 fully saturated rings. The molecule has 1 amide bonds. The monoisotopic (exact) mass is 386 g/mol. The number of nitrogens with zero attached hydrogens (tertiary/aromatic N) is 1. The number of hydrogen-bond acceptors (Lipinski definition) is 4. The van der Waals surface area contributed by atoms with Gasteiger partial charge in [-0.1, -0.05) is 32.9 Å². The zero-order valence-electron chi connectivity index (χ0n) is 16.7. The fourth-order valence-corrected chi connectivity index (χ4v) is 4.91. The van der Waals surface area contributed by atoms with E-state index in [9.17, 15) is 4.79 Å². The number of carbonyl (C=O) groups excluding carboxylic acids is 1. The molecule has 5 heteroatoms. The summed E-state index contributed by atoms with van der Waals surface area (Å²) in [5, 5.41) is 5.65. The van der Waals surface area contributed by atoms with Crippen LogP contribution in [-0.4, -0.2) is 31.0 Å². The van der Waals surface area contributed by atoms with Crippen molar-refractivity contribution in [1.82, 2.24) is 10.2 Å². The second kappa shape index (κ2) is 8.89. The van der Waals surface area contributed by atoms with Crippen LogP contribution in [-0.2, 0) is 11.2 Å². The highest BCUT2D eigenvalue weighted by molar-refractivity contribution is 7.10. The van der Waals surface area contributed by atoms with Crippen molar-refractivity contribution < 1.29 is 9.53 Å². The molecule has 2 aromatic rings. The number of rotatable bonds is 7. The third-order valence-corrected chi connectivity index (χ3v) is 6.41. The Morgan fingerprint density at radius 2 is 2.04 bits per heavy atom. The minimum absolute atomic E-state index is 0.140. The molecule has 1 aliphatic rings. The van der Waals surface area contributed by atoms with Gasteiger partial charge in [0.05, 0.1) is 19.7 Å². The molecule has 0 saturated carbocycles. The largest absolute Gasteiger partial charge is 0.497 e. The lowest BCUT2D eigenvalue weighted by atomic mass is 9.95. The third-order valence-electron chi connectivity index (χ3n) is 5.42. The molecular weight excluding hydrogens is 356 g/mol. The van der Waals surface area contributed by atoms with Gasteiger partial charge in [-0.2, -0.15) is 0 Å². The summed E-state index contributed by atoms with van der Waals surface area (Å²) in [6, 6.07) is 10.7. The Bertz CT molecular complexity index is 754. The number of amides is 1. The second-order valence-corrected chi connectivity index (χ2v) is 8.44. The number of thiophene rings is 1. The van der Waals surface area contributed by atoms with Gasteiger partial charge in [0.1, 0.15) is 5.75 Å². The number of benzene rings is 1. The number of methoxy groups -OCH3 is 1. The van der Waals surface area contributed by atoms with Crippen molar-refractivity contribution >= 4 is 17.2 Å². The molecule has 0 bridgehead atoms. The van der Waals surface area contributed by atoms with Gasteiger partial charge in [-0.25, -0.2) is 0 Å². The van der Waals surface area contributed by atoms with E-state index in [2.05, 4.69) is 54.6 Å². The van der Waals surface area contributed by atoms with E-state index in [1.54, 1.807) is 7.11 Å². The van der Waals surface area contributed by atoms with Crippen LogP contribution in [0.15, 0.2) is 35.7 Å². The van der Waals surface area contributed by atoms with Crippen molar-refractivity contribution in [1.29, 1.82) is 0 Å². The SMILES string of the molecule is CCC1c2ccsc2CCN1C(=O)CNC(c1ccc(OC)cc1)C(C)C. The second-order valence-electron chi connectivity index (χ2n) is 7.44. The lowest BCUT2D eigenvalue weighted by Crippen LogP contribution is -2.44. The average Bonchev–Trinajstić information content (AvgIpc) is 3.16. The fourth-order valence-electron chi connectivity index (χ4n) is 3.98. The molecule has 2 heterocycles. The quantitative estimate of drug-likeness (QED) is 0.757. The maximum atomic E-state index is 13.0. The maximum absolute atomic E-state index is 13.0. The minimum atomic E-state index is 0.140. The van der Waals surface area contributed by atoms with Crippen LogP contribution in [0, 0.1) is 5.92 Å². The van der Waals surface area contributed by atoms with E-state index in [1.165, 1.54) is 16.0 Å². The first-order valence-corrected chi connectivity index (χ1v) is 10.7. The highest BCUT2D eigenvalue weighted by atomic mass is 32.1. The summed E-state index contributed by atoms with van der Waals surface area (Å²) in [7, 11) is 1.67. The summed E-state index contributed by atoms with van der Waals surface area (Å²) in [6.45, 7) is 7.71. The van der Waals surface area contributed by atoms with Crippen LogP contribution in [0.3, 0.4) is 0 Å². The smallest absolute Gasteiger partial charge is 0.237 e. The van der Waals surface area contributed by atoms with Gasteiger partial charge < -0.3 is 15.0 Å². The van der Waals surface area contributed by atoms with Crippen LogP contribution in [0.1, 0.15) is 55.3 Å². The van der Waals surface area contributed by atoms with Crippen molar-refractivity contribution in [3.63, 3.8) is 0 Å². The average molecular weight is 387 g/mol. The molecule has 1 aliphatic heterocycles. The van der Waals surface area contributed by atoms with E-state index >= 15 is 0 Å². The lowest BCUT2D eigenvalue weighted by Gasteiger charge is -2.36. The molecule has 1 N–H and O–H groups in total. The Kier molecular flexibility index (Phi) is 6.55.